The normalized spacial score (nSPS) is 13.0. The quantitative estimate of drug-likeness (QED) is 0.594. The molecule has 118 valence electrons. The van der Waals surface area contributed by atoms with Crippen molar-refractivity contribution in [3.05, 3.63) is 28.1 Å². The van der Waals surface area contributed by atoms with E-state index >= 15 is 0 Å². The number of primary sulfonamides is 1. The molecule has 0 bridgehead atoms. The fourth-order valence-corrected chi connectivity index (χ4v) is 2.22. The van der Waals surface area contributed by atoms with Crippen LogP contribution in [-0.4, -0.2) is 33.2 Å². The Hall–Kier alpha value is -1.78. The first-order valence-corrected chi connectivity index (χ1v) is 7.37. The summed E-state index contributed by atoms with van der Waals surface area (Å²) >= 11 is 0. The first-order chi connectivity index (χ1) is 9.66. The second kappa shape index (κ2) is 6.78. The van der Waals surface area contributed by atoms with Crippen LogP contribution in [0.4, 0.5) is 10.1 Å². The van der Waals surface area contributed by atoms with Gasteiger partial charge in [0.15, 0.2) is 11.6 Å². The fourth-order valence-electron chi connectivity index (χ4n) is 1.53. The third-order valence-electron chi connectivity index (χ3n) is 2.56. The van der Waals surface area contributed by atoms with Crippen molar-refractivity contribution in [1.29, 1.82) is 0 Å². The molecule has 0 saturated heterocycles. The van der Waals surface area contributed by atoms with Gasteiger partial charge in [0.1, 0.15) is 4.90 Å². The van der Waals surface area contributed by atoms with Crippen LogP contribution in [0.1, 0.15) is 13.3 Å². The number of hydrogen-bond donors (Lipinski definition) is 1. The van der Waals surface area contributed by atoms with Gasteiger partial charge in [0.25, 0.3) is 5.69 Å². The smallest absolute Gasteiger partial charge is 0.274 e. The summed E-state index contributed by atoms with van der Waals surface area (Å²) in [4.78, 5) is 8.97. The summed E-state index contributed by atoms with van der Waals surface area (Å²) in [5.74, 6) is -1.80. The highest BCUT2D eigenvalue weighted by Crippen LogP contribution is 2.32. The van der Waals surface area contributed by atoms with E-state index in [4.69, 9.17) is 14.6 Å². The molecule has 0 fully saturated rings. The van der Waals surface area contributed by atoms with E-state index in [0.29, 0.717) is 25.2 Å². The summed E-state index contributed by atoms with van der Waals surface area (Å²) in [7, 11) is -2.91. The number of nitrogens with zero attached hydrogens (tertiary/aromatic N) is 1. The van der Waals surface area contributed by atoms with Crippen molar-refractivity contribution >= 4 is 15.7 Å². The highest BCUT2D eigenvalue weighted by Gasteiger charge is 2.26. The lowest BCUT2D eigenvalue weighted by Gasteiger charge is -2.17. The Morgan fingerprint density at radius 1 is 1.48 bits per heavy atom. The molecule has 10 heteroatoms. The van der Waals surface area contributed by atoms with Crippen LogP contribution in [0, 0.1) is 15.9 Å². The largest absolute Gasteiger partial charge is 0.486 e. The molecule has 0 aliphatic carbocycles. The zero-order chi connectivity index (χ0) is 16.2. The highest BCUT2D eigenvalue weighted by atomic mass is 32.2. The Kier molecular flexibility index (Phi) is 5.58. The molecule has 21 heavy (non-hydrogen) atoms. The molecule has 1 atom stereocenters. The molecule has 8 nitrogen and oxygen atoms in total. The number of hydrogen-bond acceptors (Lipinski definition) is 6. The van der Waals surface area contributed by atoms with Gasteiger partial charge in [-0.1, -0.05) is 0 Å². The second-order valence-electron chi connectivity index (χ2n) is 4.27. The number of methoxy groups -OCH3 is 1. The van der Waals surface area contributed by atoms with Gasteiger partial charge in [-0.25, -0.2) is 17.9 Å². The van der Waals surface area contributed by atoms with E-state index in [1.807, 2.05) is 0 Å². The molecule has 0 heterocycles. The summed E-state index contributed by atoms with van der Waals surface area (Å²) in [5.41, 5.74) is -0.728. The monoisotopic (exact) mass is 322 g/mol. The molecule has 0 aliphatic rings. The van der Waals surface area contributed by atoms with E-state index in [-0.39, 0.29) is 0 Å². The number of non-ortho nitro benzene ring substituents is 1. The zero-order valence-electron chi connectivity index (χ0n) is 11.4. The van der Waals surface area contributed by atoms with Crippen molar-refractivity contribution in [2.75, 3.05) is 13.7 Å². The van der Waals surface area contributed by atoms with Crippen molar-refractivity contribution in [2.45, 2.75) is 24.3 Å². The Morgan fingerprint density at radius 3 is 2.57 bits per heavy atom. The lowest BCUT2D eigenvalue weighted by Crippen LogP contribution is -2.20. The van der Waals surface area contributed by atoms with Gasteiger partial charge in [-0.3, -0.25) is 10.1 Å². The van der Waals surface area contributed by atoms with Gasteiger partial charge >= 0.3 is 0 Å². The lowest BCUT2D eigenvalue weighted by molar-refractivity contribution is -0.385. The molecule has 0 amide bonds. The molecule has 0 radical (unpaired) electrons. The topological polar surface area (TPSA) is 122 Å². The van der Waals surface area contributed by atoms with Crippen LogP contribution in [0.2, 0.25) is 0 Å². The molecular formula is C11H15FN2O6S. The minimum atomic E-state index is -4.38. The third kappa shape index (κ3) is 4.62. The number of nitro groups is 1. The van der Waals surface area contributed by atoms with E-state index in [2.05, 4.69) is 0 Å². The van der Waals surface area contributed by atoms with Gasteiger partial charge in [0.2, 0.25) is 10.0 Å². The molecule has 0 aromatic heterocycles. The maximum Gasteiger partial charge on any atom is 0.274 e. The van der Waals surface area contributed by atoms with Crippen molar-refractivity contribution in [3.8, 4) is 5.75 Å². The van der Waals surface area contributed by atoms with Crippen molar-refractivity contribution in [1.82, 2.24) is 0 Å². The molecule has 2 N–H and O–H groups in total. The summed E-state index contributed by atoms with van der Waals surface area (Å²) in [6.07, 6.45) is -0.196. The van der Waals surface area contributed by atoms with Crippen LogP contribution in [0.3, 0.4) is 0 Å². The van der Waals surface area contributed by atoms with E-state index in [9.17, 15) is 22.9 Å². The maximum atomic E-state index is 13.9. The number of sulfonamides is 1. The third-order valence-corrected chi connectivity index (χ3v) is 3.48. The predicted octanol–water partition coefficient (Wildman–Crippen LogP) is 1.19. The van der Waals surface area contributed by atoms with Crippen LogP contribution >= 0.6 is 0 Å². The highest BCUT2D eigenvalue weighted by molar-refractivity contribution is 7.89. The number of benzene rings is 1. The van der Waals surface area contributed by atoms with Crippen molar-refractivity contribution < 1.29 is 27.2 Å². The molecule has 1 rings (SSSR count). The molecule has 1 aromatic rings. The SMILES string of the molecule is COCCC(C)Oc1c(F)cc([N+](=O)[O-])cc1S(N)(=O)=O. The Labute approximate surface area is 120 Å². The van der Waals surface area contributed by atoms with Gasteiger partial charge in [-0.05, 0) is 6.92 Å². The number of ether oxygens (including phenoxy) is 2. The van der Waals surface area contributed by atoms with E-state index in [1.54, 1.807) is 6.92 Å². The summed E-state index contributed by atoms with van der Waals surface area (Å²) in [6.45, 7) is 1.90. The number of rotatable bonds is 7. The van der Waals surface area contributed by atoms with Crippen LogP contribution in [0.25, 0.3) is 0 Å². The molecule has 0 aliphatic heterocycles. The van der Waals surface area contributed by atoms with Gasteiger partial charge in [0, 0.05) is 26.2 Å². The van der Waals surface area contributed by atoms with Crippen LogP contribution in [0.5, 0.6) is 5.75 Å². The summed E-state index contributed by atoms with van der Waals surface area (Å²) < 4.78 is 46.8. The van der Waals surface area contributed by atoms with Gasteiger partial charge in [-0.2, -0.15) is 0 Å². The molecular weight excluding hydrogens is 307 g/mol. The fraction of sp³-hybridized carbons (Fsp3) is 0.455. The Bertz CT molecular complexity index is 634. The first kappa shape index (κ1) is 17.3. The lowest BCUT2D eigenvalue weighted by atomic mass is 10.2. The first-order valence-electron chi connectivity index (χ1n) is 5.83. The minimum absolute atomic E-state index is 0.320. The van der Waals surface area contributed by atoms with E-state index in [0.717, 1.165) is 0 Å². The van der Waals surface area contributed by atoms with Crippen LogP contribution in [-0.2, 0) is 14.8 Å². The molecule has 0 saturated carbocycles. The second-order valence-corrected chi connectivity index (χ2v) is 5.80. The minimum Gasteiger partial charge on any atom is -0.486 e. The van der Waals surface area contributed by atoms with Gasteiger partial charge in [-0.15, -0.1) is 0 Å². The van der Waals surface area contributed by atoms with Crippen LogP contribution in [0.15, 0.2) is 17.0 Å². The summed E-state index contributed by atoms with van der Waals surface area (Å²) in [6, 6.07) is 1.24. The molecule has 1 unspecified atom stereocenters. The Morgan fingerprint density at radius 2 is 2.10 bits per heavy atom. The average molecular weight is 322 g/mol. The van der Waals surface area contributed by atoms with Crippen molar-refractivity contribution in [3.63, 3.8) is 0 Å². The zero-order valence-corrected chi connectivity index (χ0v) is 12.2. The van der Waals surface area contributed by atoms with Crippen LogP contribution < -0.4 is 9.88 Å². The number of nitro benzene ring substituents is 1. The maximum absolute atomic E-state index is 13.9. The van der Waals surface area contributed by atoms with Gasteiger partial charge < -0.3 is 9.47 Å². The standard InChI is InChI=1S/C11H15FN2O6S/c1-7(3-4-19-2)20-11-9(12)5-8(14(15)16)6-10(11)21(13,17)18/h5-7H,3-4H2,1-2H3,(H2,13,17,18). The number of nitrogens with two attached hydrogens (primary N) is 1. The average Bonchev–Trinajstić information content (AvgIpc) is 2.36. The number of halogens is 1. The Balaban J connectivity index is 3.27. The van der Waals surface area contributed by atoms with Gasteiger partial charge in [0.05, 0.1) is 17.1 Å². The van der Waals surface area contributed by atoms with E-state index < -0.39 is 43.2 Å². The molecule has 0 spiro atoms. The van der Waals surface area contributed by atoms with E-state index in [1.165, 1.54) is 7.11 Å². The van der Waals surface area contributed by atoms with Crippen molar-refractivity contribution in [2.24, 2.45) is 5.14 Å². The summed E-state index contributed by atoms with van der Waals surface area (Å²) in [5, 5.41) is 15.6. The predicted molar refractivity (Wildman–Crippen MR) is 71.0 cm³/mol. The molecule has 1 aromatic carbocycles.